The molecule has 0 fully saturated rings. The first kappa shape index (κ1) is 11.4. The number of pyridine rings is 1. The number of nitrogens with zero attached hydrogens (tertiary/aromatic N) is 3. The minimum absolute atomic E-state index is 0.0206. The molecule has 2 rings (SSSR count). The first-order valence-corrected chi connectivity index (χ1v) is 5.15. The Hall–Kier alpha value is -2.11. The number of aromatic nitrogens is 3. The van der Waals surface area contributed by atoms with Gasteiger partial charge in [0.25, 0.3) is 0 Å². The molecule has 0 aromatic carbocycles. The molecule has 0 unspecified atom stereocenters. The van der Waals surface area contributed by atoms with Crippen molar-refractivity contribution in [2.75, 3.05) is 0 Å². The van der Waals surface area contributed by atoms with Crippen LogP contribution in [0.15, 0.2) is 22.9 Å². The molecule has 0 saturated heterocycles. The Labute approximate surface area is 96.7 Å². The molecule has 0 aliphatic heterocycles. The zero-order valence-corrected chi connectivity index (χ0v) is 9.18. The van der Waals surface area contributed by atoms with E-state index in [0.717, 1.165) is 6.20 Å². The van der Waals surface area contributed by atoms with Crippen LogP contribution in [0.3, 0.4) is 0 Å². The van der Waals surface area contributed by atoms with E-state index in [2.05, 4.69) is 15.1 Å². The lowest BCUT2D eigenvalue weighted by Crippen LogP contribution is -2.00. The molecule has 0 radical (unpaired) electrons. The second-order valence-electron chi connectivity index (χ2n) is 3.44. The number of carbonyl (C=O) groups excluding carboxylic acids is 1. The number of Topliss-reactive ketones (excluding diaryl/α,β-unsaturated/α-hetero) is 1. The second-order valence-corrected chi connectivity index (χ2v) is 3.44. The van der Waals surface area contributed by atoms with Crippen molar-refractivity contribution in [2.45, 2.75) is 19.8 Å². The Morgan fingerprint density at radius 2 is 2.29 bits per heavy atom. The molecule has 0 spiro atoms. The third kappa shape index (κ3) is 2.72. The topological polar surface area (TPSA) is 68.9 Å². The molecule has 0 aliphatic carbocycles. The van der Waals surface area contributed by atoms with Crippen molar-refractivity contribution in [3.63, 3.8) is 0 Å². The van der Waals surface area contributed by atoms with Crippen LogP contribution in [0.2, 0.25) is 0 Å². The normalized spacial score (nSPS) is 10.5. The lowest BCUT2D eigenvalue weighted by Gasteiger charge is -1.91. The van der Waals surface area contributed by atoms with Gasteiger partial charge in [-0.1, -0.05) is 12.1 Å². The highest BCUT2D eigenvalue weighted by Gasteiger charge is 2.12. The second kappa shape index (κ2) is 4.82. The Kier molecular flexibility index (Phi) is 3.22. The van der Waals surface area contributed by atoms with Gasteiger partial charge in [0.05, 0.1) is 12.6 Å². The third-order valence-corrected chi connectivity index (χ3v) is 2.17. The zero-order chi connectivity index (χ0) is 12.3. The van der Waals surface area contributed by atoms with Crippen LogP contribution >= 0.6 is 0 Å². The molecule has 0 atom stereocenters. The van der Waals surface area contributed by atoms with Crippen LogP contribution in [0.4, 0.5) is 4.39 Å². The summed E-state index contributed by atoms with van der Waals surface area (Å²) in [6.45, 7) is 1.77. The van der Waals surface area contributed by atoms with Gasteiger partial charge in [0.15, 0.2) is 0 Å². The maximum atomic E-state index is 12.7. The van der Waals surface area contributed by atoms with Gasteiger partial charge < -0.3 is 4.52 Å². The Balaban J connectivity index is 2.18. The van der Waals surface area contributed by atoms with Gasteiger partial charge in [-0.15, -0.1) is 0 Å². The standard InChI is InChI=1S/C11H10FN3O2/c1-2-8(16)5-10-14-11(15-17-10)9-4-3-7(12)6-13-9/h3-4,6H,2,5H2,1H3. The molecule has 2 heterocycles. The number of carbonyl (C=O) groups is 1. The van der Waals surface area contributed by atoms with Crippen LogP contribution in [0, 0.1) is 5.82 Å². The van der Waals surface area contributed by atoms with E-state index in [1.807, 2.05) is 0 Å². The van der Waals surface area contributed by atoms with Gasteiger partial charge in [-0.2, -0.15) is 4.98 Å². The summed E-state index contributed by atoms with van der Waals surface area (Å²) in [5.41, 5.74) is 0.408. The van der Waals surface area contributed by atoms with E-state index in [-0.39, 0.29) is 23.9 Å². The van der Waals surface area contributed by atoms with Crippen LogP contribution in [0.5, 0.6) is 0 Å². The highest BCUT2D eigenvalue weighted by atomic mass is 19.1. The van der Waals surface area contributed by atoms with Crippen molar-refractivity contribution in [3.8, 4) is 11.5 Å². The highest BCUT2D eigenvalue weighted by Crippen LogP contribution is 2.13. The molecule has 2 aromatic rings. The molecule has 0 amide bonds. The van der Waals surface area contributed by atoms with E-state index in [4.69, 9.17) is 4.52 Å². The maximum absolute atomic E-state index is 12.7. The third-order valence-electron chi connectivity index (χ3n) is 2.17. The lowest BCUT2D eigenvalue weighted by molar-refractivity contribution is -0.118. The molecule has 5 nitrogen and oxygen atoms in total. The lowest BCUT2D eigenvalue weighted by atomic mass is 10.2. The molecule has 6 heteroatoms. The monoisotopic (exact) mass is 235 g/mol. The Bertz CT molecular complexity index is 522. The van der Waals surface area contributed by atoms with Gasteiger partial charge in [-0.3, -0.25) is 4.79 Å². The van der Waals surface area contributed by atoms with E-state index < -0.39 is 5.82 Å². The molecule has 0 aliphatic rings. The van der Waals surface area contributed by atoms with Crippen LogP contribution in [-0.2, 0) is 11.2 Å². The smallest absolute Gasteiger partial charge is 0.234 e. The predicted octanol–water partition coefficient (Wildman–Crippen LogP) is 1.79. The van der Waals surface area contributed by atoms with Crippen molar-refractivity contribution in [1.82, 2.24) is 15.1 Å². The summed E-state index contributed by atoms with van der Waals surface area (Å²) >= 11 is 0. The van der Waals surface area contributed by atoms with Crippen molar-refractivity contribution in [2.24, 2.45) is 0 Å². The summed E-state index contributed by atoms with van der Waals surface area (Å²) in [5, 5.41) is 3.68. The van der Waals surface area contributed by atoms with E-state index in [9.17, 15) is 9.18 Å². The number of halogens is 1. The van der Waals surface area contributed by atoms with Crippen LogP contribution in [0.25, 0.3) is 11.5 Å². The van der Waals surface area contributed by atoms with Gasteiger partial charge in [0.2, 0.25) is 11.7 Å². The molecular formula is C11H10FN3O2. The van der Waals surface area contributed by atoms with Crippen molar-refractivity contribution in [3.05, 3.63) is 30.0 Å². The Morgan fingerprint density at radius 1 is 1.47 bits per heavy atom. The summed E-state index contributed by atoms with van der Waals surface area (Å²) in [6.07, 6.45) is 1.61. The van der Waals surface area contributed by atoms with Crippen molar-refractivity contribution < 1.29 is 13.7 Å². The number of hydrogen-bond donors (Lipinski definition) is 0. The van der Waals surface area contributed by atoms with E-state index in [1.54, 1.807) is 6.92 Å². The molecule has 2 aromatic heterocycles. The summed E-state index contributed by atoms with van der Waals surface area (Å²) < 4.78 is 17.6. The van der Waals surface area contributed by atoms with Crippen molar-refractivity contribution in [1.29, 1.82) is 0 Å². The van der Waals surface area contributed by atoms with E-state index in [0.29, 0.717) is 12.1 Å². The molecule has 0 saturated carbocycles. The van der Waals surface area contributed by atoms with Crippen molar-refractivity contribution >= 4 is 5.78 Å². The van der Waals surface area contributed by atoms with Gasteiger partial charge in [-0.05, 0) is 12.1 Å². The maximum Gasteiger partial charge on any atom is 0.234 e. The Morgan fingerprint density at radius 3 is 2.94 bits per heavy atom. The summed E-state index contributed by atoms with van der Waals surface area (Å²) in [4.78, 5) is 19.0. The molecule has 0 bridgehead atoms. The van der Waals surface area contributed by atoms with Gasteiger partial charge in [-0.25, -0.2) is 9.37 Å². The summed E-state index contributed by atoms with van der Waals surface area (Å²) in [7, 11) is 0. The molecule has 0 N–H and O–H groups in total. The van der Waals surface area contributed by atoms with Crippen LogP contribution in [0.1, 0.15) is 19.2 Å². The van der Waals surface area contributed by atoms with Gasteiger partial charge in [0, 0.05) is 6.42 Å². The van der Waals surface area contributed by atoms with Crippen LogP contribution in [-0.4, -0.2) is 20.9 Å². The number of hydrogen-bond acceptors (Lipinski definition) is 5. The molecule has 88 valence electrons. The zero-order valence-electron chi connectivity index (χ0n) is 9.18. The van der Waals surface area contributed by atoms with Crippen LogP contribution < -0.4 is 0 Å². The molecule has 17 heavy (non-hydrogen) atoms. The largest absolute Gasteiger partial charge is 0.338 e. The fourth-order valence-electron chi connectivity index (χ4n) is 1.23. The highest BCUT2D eigenvalue weighted by molar-refractivity contribution is 5.79. The average molecular weight is 235 g/mol. The predicted molar refractivity (Wildman–Crippen MR) is 56.5 cm³/mol. The fourth-order valence-corrected chi connectivity index (χ4v) is 1.23. The van der Waals surface area contributed by atoms with Gasteiger partial charge >= 0.3 is 0 Å². The quantitative estimate of drug-likeness (QED) is 0.808. The fraction of sp³-hybridized carbons (Fsp3) is 0.273. The number of ketones is 1. The van der Waals surface area contributed by atoms with E-state index >= 15 is 0 Å². The SMILES string of the molecule is CCC(=O)Cc1nc(-c2ccc(F)cn2)no1. The number of rotatable bonds is 4. The average Bonchev–Trinajstić information content (AvgIpc) is 2.78. The minimum atomic E-state index is -0.432. The first-order valence-electron chi connectivity index (χ1n) is 5.15. The minimum Gasteiger partial charge on any atom is -0.338 e. The summed E-state index contributed by atoms with van der Waals surface area (Å²) in [5.74, 6) is 0.0905. The summed E-state index contributed by atoms with van der Waals surface area (Å²) in [6, 6.07) is 2.71. The first-order chi connectivity index (χ1) is 8.19. The molecular weight excluding hydrogens is 225 g/mol. The van der Waals surface area contributed by atoms with Gasteiger partial charge in [0.1, 0.15) is 17.3 Å². The van der Waals surface area contributed by atoms with E-state index in [1.165, 1.54) is 12.1 Å².